The lowest BCUT2D eigenvalue weighted by molar-refractivity contribution is 0.128. The predicted molar refractivity (Wildman–Crippen MR) is 85.9 cm³/mol. The Labute approximate surface area is 128 Å². The fourth-order valence-electron chi connectivity index (χ4n) is 2.88. The van der Waals surface area contributed by atoms with Gasteiger partial charge in [0.1, 0.15) is 11.5 Å². The second-order valence-corrected chi connectivity index (χ2v) is 6.11. The van der Waals surface area contributed by atoms with Crippen molar-refractivity contribution in [3.63, 3.8) is 0 Å². The zero-order valence-electron chi connectivity index (χ0n) is 13.5. The van der Waals surface area contributed by atoms with Crippen molar-refractivity contribution < 1.29 is 9.84 Å². The molecule has 1 atom stereocenters. The lowest BCUT2D eigenvalue weighted by atomic mass is 10.0. The number of hydrogen-bond donors (Lipinski definition) is 1. The Morgan fingerprint density at radius 1 is 1.43 bits per heavy atom. The monoisotopic (exact) mass is 292 g/mol. The van der Waals surface area contributed by atoms with Gasteiger partial charge >= 0.3 is 0 Å². The normalized spacial score (nSPS) is 19.9. The Morgan fingerprint density at radius 2 is 2.24 bits per heavy atom. The predicted octanol–water partition coefficient (Wildman–Crippen LogP) is 2.71. The van der Waals surface area contributed by atoms with Gasteiger partial charge in [0, 0.05) is 30.8 Å². The van der Waals surface area contributed by atoms with Gasteiger partial charge in [-0.2, -0.15) is 0 Å². The summed E-state index contributed by atoms with van der Waals surface area (Å²) >= 11 is 0. The van der Waals surface area contributed by atoms with Crippen molar-refractivity contribution in [3.05, 3.63) is 23.8 Å². The van der Waals surface area contributed by atoms with Crippen LogP contribution in [0.15, 0.2) is 18.2 Å². The maximum absolute atomic E-state index is 10.2. The van der Waals surface area contributed by atoms with Crippen LogP contribution < -0.4 is 4.74 Å². The molecule has 1 unspecified atom stereocenters. The van der Waals surface area contributed by atoms with Crippen molar-refractivity contribution in [2.24, 2.45) is 0 Å². The highest BCUT2D eigenvalue weighted by atomic mass is 16.5. The van der Waals surface area contributed by atoms with Crippen LogP contribution in [0.5, 0.6) is 11.5 Å². The van der Waals surface area contributed by atoms with Crippen molar-refractivity contribution in [1.29, 1.82) is 0 Å². The van der Waals surface area contributed by atoms with Crippen molar-refractivity contribution >= 4 is 0 Å². The van der Waals surface area contributed by atoms with Gasteiger partial charge in [0.2, 0.25) is 0 Å². The SMILES string of the molecule is CCCOc1ccc(CN(C)C2CCCN(C)C2)c(O)c1. The lowest BCUT2D eigenvalue weighted by Crippen LogP contribution is -2.44. The van der Waals surface area contributed by atoms with Crippen LogP contribution in [-0.2, 0) is 6.54 Å². The number of piperidine rings is 1. The van der Waals surface area contributed by atoms with E-state index in [9.17, 15) is 5.11 Å². The summed E-state index contributed by atoms with van der Waals surface area (Å²) in [5.41, 5.74) is 0.967. The Hall–Kier alpha value is -1.26. The fraction of sp³-hybridized carbons (Fsp3) is 0.647. The summed E-state index contributed by atoms with van der Waals surface area (Å²) in [5, 5.41) is 10.2. The minimum absolute atomic E-state index is 0.333. The molecule has 0 amide bonds. The zero-order chi connectivity index (χ0) is 15.2. The quantitative estimate of drug-likeness (QED) is 0.874. The molecular formula is C17H28N2O2. The van der Waals surface area contributed by atoms with Gasteiger partial charge in [0.15, 0.2) is 0 Å². The second-order valence-electron chi connectivity index (χ2n) is 6.11. The summed E-state index contributed by atoms with van der Waals surface area (Å²) in [6, 6.07) is 6.22. The molecule has 1 aromatic carbocycles. The molecular weight excluding hydrogens is 264 g/mol. The van der Waals surface area contributed by atoms with Crippen LogP contribution in [0.3, 0.4) is 0 Å². The Bertz CT molecular complexity index is 450. The van der Waals surface area contributed by atoms with Gasteiger partial charge in [-0.25, -0.2) is 0 Å². The molecule has 0 spiro atoms. The van der Waals surface area contributed by atoms with E-state index in [1.54, 1.807) is 6.07 Å². The van der Waals surface area contributed by atoms with E-state index in [2.05, 4.69) is 30.8 Å². The largest absolute Gasteiger partial charge is 0.507 e. The molecule has 0 bridgehead atoms. The first kappa shape index (κ1) is 16.1. The number of likely N-dealkylation sites (tertiary alicyclic amines) is 1. The van der Waals surface area contributed by atoms with E-state index in [1.165, 1.54) is 19.4 Å². The molecule has 4 heteroatoms. The van der Waals surface area contributed by atoms with E-state index < -0.39 is 0 Å². The van der Waals surface area contributed by atoms with Gasteiger partial charge in [0.05, 0.1) is 6.61 Å². The van der Waals surface area contributed by atoms with Crippen LogP contribution in [0.4, 0.5) is 0 Å². The van der Waals surface area contributed by atoms with Gasteiger partial charge in [-0.15, -0.1) is 0 Å². The van der Waals surface area contributed by atoms with Gasteiger partial charge in [-0.3, -0.25) is 4.90 Å². The van der Waals surface area contributed by atoms with E-state index in [1.807, 2.05) is 12.1 Å². The average molecular weight is 292 g/mol. The molecule has 1 fully saturated rings. The molecule has 1 saturated heterocycles. The highest BCUT2D eigenvalue weighted by Gasteiger charge is 2.21. The molecule has 0 aromatic heterocycles. The number of phenols is 1. The van der Waals surface area contributed by atoms with Crippen LogP contribution in [0.25, 0.3) is 0 Å². The number of benzene rings is 1. The average Bonchev–Trinajstić information content (AvgIpc) is 2.47. The van der Waals surface area contributed by atoms with Crippen molar-refractivity contribution in [1.82, 2.24) is 9.80 Å². The third-order valence-corrected chi connectivity index (χ3v) is 4.17. The van der Waals surface area contributed by atoms with Gasteiger partial charge in [-0.05, 0) is 46.0 Å². The standard InChI is InChI=1S/C17H28N2O2/c1-4-10-21-16-8-7-14(17(20)11-16)12-19(3)15-6-5-9-18(2)13-15/h7-8,11,15,20H,4-6,9-10,12-13H2,1-3H3. The van der Waals surface area contributed by atoms with Crippen LogP contribution in [0, 0.1) is 0 Å². The highest BCUT2D eigenvalue weighted by Crippen LogP contribution is 2.26. The van der Waals surface area contributed by atoms with E-state index in [0.717, 1.165) is 30.8 Å². The molecule has 0 saturated carbocycles. The van der Waals surface area contributed by atoms with Crippen LogP contribution in [0.2, 0.25) is 0 Å². The number of phenolic OH excluding ortho intramolecular Hbond substituents is 1. The molecule has 1 heterocycles. The molecule has 21 heavy (non-hydrogen) atoms. The summed E-state index contributed by atoms with van der Waals surface area (Å²) in [5.74, 6) is 1.08. The molecule has 2 rings (SSSR count). The number of hydrogen-bond acceptors (Lipinski definition) is 4. The summed E-state index contributed by atoms with van der Waals surface area (Å²) in [6.07, 6.45) is 3.46. The first-order valence-electron chi connectivity index (χ1n) is 7.93. The molecule has 1 aromatic rings. The van der Waals surface area contributed by atoms with E-state index in [4.69, 9.17) is 4.74 Å². The number of ether oxygens (including phenoxy) is 1. The third-order valence-electron chi connectivity index (χ3n) is 4.17. The molecule has 0 radical (unpaired) electrons. The lowest BCUT2D eigenvalue weighted by Gasteiger charge is -2.36. The first-order valence-corrected chi connectivity index (χ1v) is 7.93. The van der Waals surface area contributed by atoms with Crippen LogP contribution >= 0.6 is 0 Å². The maximum Gasteiger partial charge on any atom is 0.123 e. The fourth-order valence-corrected chi connectivity index (χ4v) is 2.88. The Balaban J connectivity index is 1.95. The minimum Gasteiger partial charge on any atom is -0.507 e. The molecule has 1 N–H and O–H groups in total. The van der Waals surface area contributed by atoms with Crippen LogP contribution in [0.1, 0.15) is 31.7 Å². The zero-order valence-corrected chi connectivity index (χ0v) is 13.5. The molecule has 1 aliphatic heterocycles. The second kappa shape index (κ2) is 7.66. The maximum atomic E-state index is 10.2. The van der Waals surface area contributed by atoms with E-state index in [0.29, 0.717) is 18.4 Å². The minimum atomic E-state index is 0.333. The summed E-state index contributed by atoms with van der Waals surface area (Å²) < 4.78 is 5.55. The Morgan fingerprint density at radius 3 is 2.90 bits per heavy atom. The van der Waals surface area contributed by atoms with Crippen molar-refractivity contribution in [2.45, 2.75) is 38.8 Å². The first-order chi connectivity index (χ1) is 10.1. The van der Waals surface area contributed by atoms with Gasteiger partial charge < -0.3 is 14.7 Å². The smallest absolute Gasteiger partial charge is 0.123 e. The van der Waals surface area contributed by atoms with Crippen molar-refractivity contribution in [3.8, 4) is 11.5 Å². The Kier molecular flexibility index (Phi) is 5.88. The van der Waals surface area contributed by atoms with Crippen molar-refractivity contribution in [2.75, 3.05) is 33.8 Å². The number of rotatable bonds is 6. The summed E-state index contributed by atoms with van der Waals surface area (Å²) in [4.78, 5) is 4.73. The summed E-state index contributed by atoms with van der Waals surface area (Å²) in [6.45, 7) is 5.84. The molecule has 118 valence electrons. The number of aromatic hydroxyl groups is 1. The third kappa shape index (κ3) is 4.61. The van der Waals surface area contributed by atoms with Gasteiger partial charge in [0.25, 0.3) is 0 Å². The number of nitrogens with zero attached hydrogens (tertiary/aromatic N) is 2. The molecule has 0 aliphatic carbocycles. The topological polar surface area (TPSA) is 35.9 Å². The molecule has 4 nitrogen and oxygen atoms in total. The van der Waals surface area contributed by atoms with Crippen LogP contribution in [-0.4, -0.2) is 54.7 Å². The highest BCUT2D eigenvalue weighted by molar-refractivity contribution is 5.39. The van der Waals surface area contributed by atoms with E-state index >= 15 is 0 Å². The summed E-state index contributed by atoms with van der Waals surface area (Å²) in [7, 11) is 4.32. The van der Waals surface area contributed by atoms with E-state index in [-0.39, 0.29) is 0 Å². The van der Waals surface area contributed by atoms with Gasteiger partial charge in [-0.1, -0.05) is 13.0 Å². The molecule has 1 aliphatic rings. The number of likely N-dealkylation sites (N-methyl/N-ethyl adjacent to an activating group) is 2.